The third-order valence-electron chi connectivity index (χ3n) is 2.12. The Morgan fingerprint density at radius 1 is 1.43 bits per heavy atom. The van der Waals surface area contributed by atoms with E-state index in [2.05, 4.69) is 22.9 Å². The fourth-order valence-corrected chi connectivity index (χ4v) is 1.77. The molecule has 0 aliphatic heterocycles. The second-order valence-corrected chi connectivity index (χ2v) is 3.99. The number of hydrogen-bond acceptors (Lipinski definition) is 2. The first-order chi connectivity index (χ1) is 6.69. The van der Waals surface area contributed by atoms with Gasteiger partial charge in [0.15, 0.2) is 0 Å². The van der Waals surface area contributed by atoms with Gasteiger partial charge in [0.25, 0.3) is 0 Å². The Morgan fingerprint density at radius 3 is 2.64 bits per heavy atom. The molecule has 0 spiro atoms. The van der Waals surface area contributed by atoms with E-state index in [4.69, 9.17) is 10.5 Å². The minimum atomic E-state index is 0.113. The van der Waals surface area contributed by atoms with Crippen molar-refractivity contribution in [3.63, 3.8) is 0 Å². The van der Waals surface area contributed by atoms with Crippen molar-refractivity contribution in [3.8, 4) is 5.75 Å². The van der Waals surface area contributed by atoms with Crippen LogP contribution in [-0.2, 0) is 0 Å². The molecule has 78 valence electrons. The van der Waals surface area contributed by atoms with Crippen LogP contribution in [0.2, 0.25) is 0 Å². The average molecular weight is 258 g/mol. The van der Waals surface area contributed by atoms with Crippen LogP contribution >= 0.6 is 15.9 Å². The summed E-state index contributed by atoms with van der Waals surface area (Å²) in [5, 5.41) is 0. The van der Waals surface area contributed by atoms with E-state index in [0.717, 1.165) is 22.2 Å². The predicted octanol–water partition coefficient (Wildman–Crippen LogP) is 3.26. The minimum Gasteiger partial charge on any atom is -0.493 e. The van der Waals surface area contributed by atoms with E-state index in [1.165, 1.54) is 0 Å². The molecule has 0 saturated carbocycles. The van der Waals surface area contributed by atoms with Crippen LogP contribution in [0.15, 0.2) is 22.7 Å². The standard InChI is InChI=1S/C11H16BrNO/c1-3-10(13)8-5-6-11(14-4-2)9(12)7-8/h5-7,10H,3-4,13H2,1-2H3/t10-/m0/s1. The Hall–Kier alpha value is -0.540. The highest BCUT2D eigenvalue weighted by Crippen LogP contribution is 2.28. The summed E-state index contributed by atoms with van der Waals surface area (Å²) in [6.07, 6.45) is 0.945. The molecule has 0 heterocycles. The third-order valence-corrected chi connectivity index (χ3v) is 2.74. The Labute approximate surface area is 93.6 Å². The summed E-state index contributed by atoms with van der Waals surface area (Å²) in [6, 6.07) is 6.11. The fraction of sp³-hybridized carbons (Fsp3) is 0.455. The molecule has 2 N–H and O–H groups in total. The Morgan fingerprint density at radius 2 is 2.14 bits per heavy atom. The van der Waals surface area contributed by atoms with E-state index in [1.54, 1.807) is 0 Å². The van der Waals surface area contributed by atoms with Crippen molar-refractivity contribution in [3.05, 3.63) is 28.2 Å². The highest BCUT2D eigenvalue weighted by Gasteiger charge is 2.06. The zero-order valence-electron chi connectivity index (χ0n) is 8.59. The van der Waals surface area contributed by atoms with Gasteiger partial charge < -0.3 is 10.5 Å². The van der Waals surface area contributed by atoms with Gasteiger partial charge in [-0.3, -0.25) is 0 Å². The van der Waals surface area contributed by atoms with E-state index in [1.807, 2.05) is 25.1 Å². The zero-order chi connectivity index (χ0) is 10.6. The van der Waals surface area contributed by atoms with Gasteiger partial charge in [-0.15, -0.1) is 0 Å². The van der Waals surface area contributed by atoms with Crippen molar-refractivity contribution in [1.82, 2.24) is 0 Å². The van der Waals surface area contributed by atoms with Gasteiger partial charge in [-0.1, -0.05) is 13.0 Å². The van der Waals surface area contributed by atoms with Crippen LogP contribution in [0.5, 0.6) is 5.75 Å². The minimum absolute atomic E-state index is 0.113. The first-order valence-corrected chi connectivity index (χ1v) is 5.66. The second kappa shape index (κ2) is 5.37. The molecular formula is C11H16BrNO. The highest BCUT2D eigenvalue weighted by molar-refractivity contribution is 9.10. The quantitative estimate of drug-likeness (QED) is 0.899. The normalized spacial score (nSPS) is 12.6. The van der Waals surface area contributed by atoms with Crippen LogP contribution < -0.4 is 10.5 Å². The van der Waals surface area contributed by atoms with Crippen molar-refractivity contribution in [2.24, 2.45) is 5.73 Å². The molecule has 3 heteroatoms. The van der Waals surface area contributed by atoms with Gasteiger partial charge >= 0.3 is 0 Å². The molecular weight excluding hydrogens is 242 g/mol. The first-order valence-electron chi connectivity index (χ1n) is 4.86. The Kier molecular flexibility index (Phi) is 4.42. The Balaban J connectivity index is 2.88. The lowest BCUT2D eigenvalue weighted by Crippen LogP contribution is -2.08. The van der Waals surface area contributed by atoms with Crippen molar-refractivity contribution < 1.29 is 4.74 Å². The highest BCUT2D eigenvalue weighted by atomic mass is 79.9. The summed E-state index contributed by atoms with van der Waals surface area (Å²) >= 11 is 3.47. The molecule has 1 aromatic rings. The van der Waals surface area contributed by atoms with Crippen LogP contribution in [0.25, 0.3) is 0 Å². The molecule has 0 fully saturated rings. The molecule has 0 radical (unpaired) electrons. The topological polar surface area (TPSA) is 35.2 Å². The van der Waals surface area contributed by atoms with Gasteiger partial charge in [-0.25, -0.2) is 0 Å². The summed E-state index contributed by atoms with van der Waals surface area (Å²) in [6.45, 7) is 4.73. The molecule has 1 atom stereocenters. The van der Waals surface area contributed by atoms with Gasteiger partial charge in [0.05, 0.1) is 11.1 Å². The van der Waals surface area contributed by atoms with Crippen molar-refractivity contribution in [2.45, 2.75) is 26.3 Å². The lowest BCUT2D eigenvalue weighted by Gasteiger charge is -2.12. The molecule has 0 aliphatic carbocycles. The molecule has 0 unspecified atom stereocenters. The first kappa shape index (κ1) is 11.5. The number of benzene rings is 1. The lowest BCUT2D eigenvalue weighted by atomic mass is 10.1. The van der Waals surface area contributed by atoms with E-state index < -0.39 is 0 Å². The number of rotatable bonds is 4. The molecule has 1 rings (SSSR count). The van der Waals surface area contributed by atoms with Gasteiger partial charge in [0.1, 0.15) is 5.75 Å². The van der Waals surface area contributed by atoms with E-state index >= 15 is 0 Å². The zero-order valence-corrected chi connectivity index (χ0v) is 10.2. The molecule has 0 amide bonds. The van der Waals surface area contributed by atoms with Crippen molar-refractivity contribution in [2.75, 3.05) is 6.61 Å². The summed E-state index contributed by atoms with van der Waals surface area (Å²) in [5.74, 6) is 0.875. The lowest BCUT2D eigenvalue weighted by molar-refractivity contribution is 0.338. The van der Waals surface area contributed by atoms with Gasteiger partial charge in [-0.05, 0) is 47.0 Å². The summed E-state index contributed by atoms with van der Waals surface area (Å²) in [5.41, 5.74) is 7.07. The Bertz CT molecular complexity index is 301. The van der Waals surface area contributed by atoms with Crippen LogP contribution in [-0.4, -0.2) is 6.61 Å². The number of halogens is 1. The summed E-state index contributed by atoms with van der Waals surface area (Å²) in [7, 11) is 0. The molecule has 2 nitrogen and oxygen atoms in total. The van der Waals surface area contributed by atoms with E-state index in [9.17, 15) is 0 Å². The molecule has 0 saturated heterocycles. The van der Waals surface area contributed by atoms with Crippen LogP contribution in [0.3, 0.4) is 0 Å². The second-order valence-electron chi connectivity index (χ2n) is 3.14. The third kappa shape index (κ3) is 2.72. The SMILES string of the molecule is CCOc1ccc([C@@H](N)CC)cc1Br. The smallest absolute Gasteiger partial charge is 0.133 e. The van der Waals surface area contributed by atoms with E-state index in [-0.39, 0.29) is 6.04 Å². The predicted molar refractivity (Wildman–Crippen MR) is 62.5 cm³/mol. The maximum absolute atomic E-state index is 5.93. The number of nitrogens with two attached hydrogens (primary N) is 1. The largest absolute Gasteiger partial charge is 0.493 e. The van der Waals surface area contributed by atoms with Crippen molar-refractivity contribution >= 4 is 15.9 Å². The molecule has 0 bridgehead atoms. The van der Waals surface area contributed by atoms with Crippen LogP contribution in [0.4, 0.5) is 0 Å². The monoisotopic (exact) mass is 257 g/mol. The van der Waals surface area contributed by atoms with Gasteiger partial charge in [-0.2, -0.15) is 0 Å². The fourth-order valence-electron chi connectivity index (χ4n) is 1.26. The van der Waals surface area contributed by atoms with Gasteiger partial charge in [0.2, 0.25) is 0 Å². The maximum Gasteiger partial charge on any atom is 0.133 e. The molecule has 0 aromatic heterocycles. The molecule has 14 heavy (non-hydrogen) atoms. The summed E-state index contributed by atoms with van der Waals surface area (Å²) in [4.78, 5) is 0. The number of ether oxygens (including phenoxy) is 1. The average Bonchev–Trinajstić information content (AvgIpc) is 2.20. The van der Waals surface area contributed by atoms with E-state index in [0.29, 0.717) is 6.61 Å². The van der Waals surface area contributed by atoms with Crippen molar-refractivity contribution in [1.29, 1.82) is 0 Å². The van der Waals surface area contributed by atoms with Crippen LogP contribution in [0, 0.1) is 0 Å². The van der Waals surface area contributed by atoms with Gasteiger partial charge in [0, 0.05) is 6.04 Å². The molecule has 0 aliphatic rings. The maximum atomic E-state index is 5.93. The number of hydrogen-bond donors (Lipinski definition) is 1. The molecule has 1 aromatic carbocycles. The summed E-state index contributed by atoms with van der Waals surface area (Å²) < 4.78 is 6.39. The van der Waals surface area contributed by atoms with Crippen LogP contribution in [0.1, 0.15) is 31.9 Å².